The van der Waals surface area contributed by atoms with Crippen molar-refractivity contribution in [3.63, 3.8) is 0 Å². The molecule has 0 atom stereocenters. The second-order valence-corrected chi connectivity index (χ2v) is 7.33. The fourth-order valence-corrected chi connectivity index (χ4v) is 3.83. The first-order valence-electron chi connectivity index (χ1n) is 9.13. The molecular formula is C20H29NO2. The number of carbonyl (C=O) groups is 1. The van der Waals surface area contributed by atoms with E-state index in [0.29, 0.717) is 6.42 Å². The molecule has 2 fully saturated rings. The van der Waals surface area contributed by atoms with Crippen molar-refractivity contribution in [3.8, 4) is 5.75 Å². The van der Waals surface area contributed by atoms with Crippen molar-refractivity contribution in [1.29, 1.82) is 0 Å². The lowest BCUT2D eigenvalue weighted by molar-refractivity contribution is -0.121. The fraction of sp³-hybridized carbons (Fsp3) is 0.650. The Kier molecular flexibility index (Phi) is 5.24. The van der Waals surface area contributed by atoms with E-state index in [1.165, 1.54) is 50.5 Å². The smallest absolute Gasteiger partial charge is 0.220 e. The van der Waals surface area contributed by atoms with Crippen molar-refractivity contribution in [1.82, 2.24) is 5.32 Å². The highest BCUT2D eigenvalue weighted by Crippen LogP contribution is 2.47. The maximum absolute atomic E-state index is 12.2. The highest BCUT2D eigenvalue weighted by atomic mass is 16.5. The molecule has 0 radical (unpaired) electrons. The molecule has 126 valence electrons. The quantitative estimate of drug-likeness (QED) is 0.819. The van der Waals surface area contributed by atoms with Gasteiger partial charge < -0.3 is 10.1 Å². The van der Waals surface area contributed by atoms with Crippen molar-refractivity contribution in [3.05, 3.63) is 29.8 Å². The van der Waals surface area contributed by atoms with E-state index in [2.05, 4.69) is 17.4 Å². The monoisotopic (exact) mass is 315 g/mol. The maximum atomic E-state index is 12.2. The Morgan fingerprint density at radius 3 is 2.48 bits per heavy atom. The molecule has 1 aromatic carbocycles. The van der Waals surface area contributed by atoms with Gasteiger partial charge >= 0.3 is 0 Å². The molecule has 0 aromatic heterocycles. The lowest BCUT2D eigenvalue weighted by atomic mass is 9.86. The Balaban J connectivity index is 1.44. The van der Waals surface area contributed by atoms with Crippen LogP contribution in [0.2, 0.25) is 0 Å². The Hall–Kier alpha value is -1.51. The number of amides is 1. The van der Waals surface area contributed by atoms with Crippen LogP contribution >= 0.6 is 0 Å². The number of methoxy groups -OCH3 is 1. The Morgan fingerprint density at radius 1 is 1.17 bits per heavy atom. The summed E-state index contributed by atoms with van der Waals surface area (Å²) in [4.78, 5) is 12.2. The van der Waals surface area contributed by atoms with Crippen LogP contribution in [0.1, 0.15) is 63.4 Å². The van der Waals surface area contributed by atoms with Crippen molar-refractivity contribution in [2.45, 2.75) is 63.2 Å². The van der Waals surface area contributed by atoms with Gasteiger partial charge in [-0.1, -0.05) is 44.2 Å². The van der Waals surface area contributed by atoms with E-state index in [1.54, 1.807) is 7.11 Å². The molecular weight excluding hydrogens is 286 g/mol. The normalized spacial score (nSPS) is 20.0. The van der Waals surface area contributed by atoms with Crippen LogP contribution in [0.4, 0.5) is 0 Å². The van der Waals surface area contributed by atoms with E-state index >= 15 is 0 Å². The van der Waals surface area contributed by atoms with Crippen LogP contribution in [0.5, 0.6) is 5.75 Å². The minimum Gasteiger partial charge on any atom is -0.497 e. The third-order valence-corrected chi connectivity index (χ3v) is 5.68. The van der Waals surface area contributed by atoms with E-state index < -0.39 is 0 Å². The molecule has 0 bridgehead atoms. The van der Waals surface area contributed by atoms with Crippen molar-refractivity contribution in [2.75, 3.05) is 13.7 Å². The summed E-state index contributed by atoms with van der Waals surface area (Å²) in [6, 6.07) is 8.31. The third kappa shape index (κ3) is 4.27. The first-order chi connectivity index (χ1) is 11.2. The number of hydrogen-bond acceptors (Lipinski definition) is 2. The van der Waals surface area contributed by atoms with Gasteiger partial charge in [-0.15, -0.1) is 0 Å². The van der Waals surface area contributed by atoms with E-state index in [1.807, 2.05) is 12.1 Å². The van der Waals surface area contributed by atoms with Crippen LogP contribution in [0.25, 0.3) is 0 Å². The van der Waals surface area contributed by atoms with Crippen LogP contribution in [0, 0.1) is 5.92 Å². The Labute approximate surface area is 139 Å². The first-order valence-corrected chi connectivity index (χ1v) is 9.13. The molecule has 1 aromatic rings. The van der Waals surface area contributed by atoms with Crippen LogP contribution in [0.3, 0.4) is 0 Å². The predicted octanol–water partition coefficient (Wildman–Crippen LogP) is 4.20. The molecule has 2 aliphatic carbocycles. The number of benzene rings is 1. The van der Waals surface area contributed by atoms with Gasteiger partial charge in [0.05, 0.1) is 7.11 Å². The van der Waals surface area contributed by atoms with E-state index in [4.69, 9.17) is 4.74 Å². The standard InChI is InChI=1S/C20H29NO2/c1-23-18-10-8-17(9-11-18)20(13-14-20)15-21-19(22)12-7-16-5-3-2-4-6-16/h8-11,16H,2-7,12-15H2,1H3,(H,21,22). The maximum Gasteiger partial charge on any atom is 0.220 e. The number of ether oxygens (including phenoxy) is 1. The minimum atomic E-state index is 0.173. The van der Waals surface area contributed by atoms with Crippen LogP contribution in [0.15, 0.2) is 24.3 Å². The van der Waals surface area contributed by atoms with Crippen molar-refractivity contribution < 1.29 is 9.53 Å². The summed E-state index contributed by atoms with van der Waals surface area (Å²) >= 11 is 0. The minimum absolute atomic E-state index is 0.173. The molecule has 0 saturated heterocycles. The summed E-state index contributed by atoms with van der Waals surface area (Å²) in [6.45, 7) is 0.781. The second-order valence-electron chi connectivity index (χ2n) is 7.33. The largest absolute Gasteiger partial charge is 0.497 e. The molecule has 3 rings (SSSR count). The fourth-order valence-electron chi connectivity index (χ4n) is 3.83. The summed E-state index contributed by atoms with van der Waals surface area (Å²) < 4.78 is 5.22. The summed E-state index contributed by atoms with van der Waals surface area (Å²) in [5.74, 6) is 1.91. The summed E-state index contributed by atoms with van der Waals surface area (Å²) in [6.07, 6.45) is 10.8. The number of carbonyl (C=O) groups excluding carboxylic acids is 1. The summed E-state index contributed by atoms with van der Waals surface area (Å²) in [7, 11) is 1.69. The molecule has 0 spiro atoms. The number of rotatable bonds is 7. The van der Waals surface area contributed by atoms with Gasteiger partial charge in [0.15, 0.2) is 0 Å². The Morgan fingerprint density at radius 2 is 1.87 bits per heavy atom. The molecule has 0 heterocycles. The van der Waals surface area contributed by atoms with Gasteiger partial charge in [-0.05, 0) is 42.9 Å². The molecule has 3 nitrogen and oxygen atoms in total. The molecule has 0 unspecified atom stereocenters. The van der Waals surface area contributed by atoms with Gasteiger partial charge in [-0.25, -0.2) is 0 Å². The first kappa shape index (κ1) is 16.4. The molecule has 2 aliphatic rings. The van der Waals surface area contributed by atoms with E-state index in [9.17, 15) is 4.79 Å². The molecule has 23 heavy (non-hydrogen) atoms. The summed E-state index contributed by atoms with van der Waals surface area (Å²) in [5, 5.41) is 3.18. The van der Waals surface area contributed by atoms with Crippen LogP contribution < -0.4 is 10.1 Å². The highest BCUT2D eigenvalue weighted by Gasteiger charge is 2.44. The topological polar surface area (TPSA) is 38.3 Å². The van der Waals surface area contributed by atoms with E-state index in [0.717, 1.165) is 24.6 Å². The average Bonchev–Trinajstić information content (AvgIpc) is 3.40. The predicted molar refractivity (Wildman–Crippen MR) is 92.7 cm³/mol. The molecule has 2 saturated carbocycles. The lowest BCUT2D eigenvalue weighted by Gasteiger charge is -2.21. The molecule has 3 heteroatoms. The molecule has 0 aliphatic heterocycles. The zero-order chi connectivity index (χ0) is 16.1. The van der Waals surface area contributed by atoms with Gasteiger partial charge in [0, 0.05) is 18.4 Å². The number of nitrogens with one attached hydrogen (secondary N) is 1. The Bertz CT molecular complexity index is 513. The number of hydrogen-bond donors (Lipinski definition) is 1. The van der Waals surface area contributed by atoms with Crippen molar-refractivity contribution in [2.24, 2.45) is 5.92 Å². The molecule has 1 amide bonds. The van der Waals surface area contributed by atoms with Crippen molar-refractivity contribution >= 4 is 5.91 Å². The van der Waals surface area contributed by atoms with Gasteiger partial charge in [0.1, 0.15) is 5.75 Å². The van der Waals surface area contributed by atoms with Gasteiger partial charge in [-0.3, -0.25) is 4.79 Å². The zero-order valence-electron chi connectivity index (χ0n) is 14.3. The van der Waals surface area contributed by atoms with Gasteiger partial charge in [0.2, 0.25) is 5.91 Å². The molecule has 1 N–H and O–H groups in total. The van der Waals surface area contributed by atoms with Crippen LogP contribution in [-0.4, -0.2) is 19.6 Å². The SMILES string of the molecule is COc1ccc(C2(CNC(=O)CCC3CCCCC3)CC2)cc1. The lowest BCUT2D eigenvalue weighted by Crippen LogP contribution is -2.32. The highest BCUT2D eigenvalue weighted by molar-refractivity contribution is 5.76. The summed E-state index contributed by atoms with van der Waals surface area (Å²) in [5.41, 5.74) is 1.50. The average molecular weight is 315 g/mol. The second kappa shape index (κ2) is 7.37. The van der Waals surface area contributed by atoms with Gasteiger partial charge in [0.25, 0.3) is 0 Å². The zero-order valence-corrected chi connectivity index (χ0v) is 14.3. The van der Waals surface area contributed by atoms with E-state index in [-0.39, 0.29) is 11.3 Å². The third-order valence-electron chi connectivity index (χ3n) is 5.68. The van der Waals surface area contributed by atoms with Crippen LogP contribution in [-0.2, 0) is 10.2 Å². The van der Waals surface area contributed by atoms with Gasteiger partial charge in [-0.2, -0.15) is 0 Å².